The molecule has 0 aliphatic heterocycles. The number of benzene rings is 1. The first-order valence-corrected chi connectivity index (χ1v) is 5.71. The van der Waals surface area contributed by atoms with Gasteiger partial charge in [-0.2, -0.15) is 0 Å². The molecular weight excluding hydrogens is 247 g/mol. The molecule has 1 aromatic heterocycles. The van der Waals surface area contributed by atoms with Gasteiger partial charge in [-0.3, -0.25) is 0 Å². The number of phenolic OH excluding ortho intramolecular Hbond substituents is 1. The van der Waals surface area contributed by atoms with E-state index >= 15 is 0 Å². The van der Waals surface area contributed by atoms with Crippen LogP contribution in [0.5, 0.6) is 11.5 Å². The van der Waals surface area contributed by atoms with Crippen molar-refractivity contribution in [3.05, 3.63) is 23.1 Å². The van der Waals surface area contributed by atoms with Gasteiger partial charge >= 0.3 is 86.8 Å². The second kappa shape index (κ2) is 3.82. The Hall–Kier alpha value is -1.32. The average molecular weight is 255 g/mol. The van der Waals surface area contributed by atoms with Crippen molar-refractivity contribution < 1.29 is 9.84 Å². The van der Waals surface area contributed by atoms with Gasteiger partial charge in [0.2, 0.25) is 0 Å². The van der Waals surface area contributed by atoms with Gasteiger partial charge in [0.25, 0.3) is 0 Å². The normalized spacial score (nSPS) is 10.1. The zero-order chi connectivity index (χ0) is 9.97. The van der Waals surface area contributed by atoms with Crippen LogP contribution in [0.1, 0.15) is 0 Å². The second-order valence-corrected chi connectivity index (χ2v) is 3.95. The third-order valence-electron chi connectivity index (χ3n) is 1.84. The van der Waals surface area contributed by atoms with Crippen molar-refractivity contribution in [2.45, 2.75) is 0 Å². The van der Waals surface area contributed by atoms with Crippen molar-refractivity contribution in [3.8, 4) is 22.8 Å². The Labute approximate surface area is 87.1 Å². The van der Waals surface area contributed by atoms with E-state index in [0.29, 0.717) is 11.3 Å². The first-order valence-electron chi connectivity index (χ1n) is 3.95. The van der Waals surface area contributed by atoms with Gasteiger partial charge in [-0.15, -0.1) is 0 Å². The number of hydrogen-bond donors (Lipinski definition) is 1. The first kappa shape index (κ1) is 9.24. The maximum absolute atomic E-state index is 9.60. The van der Waals surface area contributed by atoms with Crippen molar-refractivity contribution in [1.29, 1.82) is 0 Å². The number of methoxy groups -OCH3 is 1. The summed E-state index contributed by atoms with van der Waals surface area (Å²) < 4.78 is 8.94. The Morgan fingerprint density at radius 3 is 2.93 bits per heavy atom. The third kappa shape index (κ3) is 1.64. The van der Waals surface area contributed by atoms with E-state index in [9.17, 15) is 5.11 Å². The molecule has 0 radical (unpaired) electrons. The molecule has 0 spiro atoms. The fourth-order valence-corrected chi connectivity index (χ4v) is 2.09. The Balaban J connectivity index is 2.51. The van der Waals surface area contributed by atoms with E-state index in [1.54, 1.807) is 25.3 Å². The molecule has 0 aliphatic rings. The molecule has 0 atom stereocenters. The molecule has 1 heterocycles. The van der Waals surface area contributed by atoms with Crippen LogP contribution in [0.3, 0.4) is 0 Å². The van der Waals surface area contributed by atoms with E-state index in [1.165, 1.54) is 0 Å². The first-order chi connectivity index (χ1) is 6.81. The van der Waals surface area contributed by atoms with Gasteiger partial charge in [0.05, 0.1) is 0 Å². The topological polar surface area (TPSA) is 55.2 Å². The van der Waals surface area contributed by atoms with E-state index in [1.807, 2.05) is 4.94 Å². The quantitative estimate of drug-likeness (QED) is 0.810. The summed E-state index contributed by atoms with van der Waals surface area (Å²) in [5.74, 6) is 0.905. The van der Waals surface area contributed by atoms with E-state index in [0.717, 1.165) is 5.69 Å². The molecule has 14 heavy (non-hydrogen) atoms. The van der Waals surface area contributed by atoms with Gasteiger partial charge in [-0.05, 0) is 0 Å². The zero-order valence-electron chi connectivity index (χ0n) is 7.47. The van der Waals surface area contributed by atoms with E-state index < -0.39 is 0 Å². The molecule has 72 valence electrons. The maximum atomic E-state index is 9.60. The van der Waals surface area contributed by atoms with Crippen molar-refractivity contribution in [3.63, 3.8) is 0 Å². The summed E-state index contributed by atoms with van der Waals surface area (Å²) in [5, 5.41) is 13.5. The molecule has 0 unspecified atom stereocenters. The minimum atomic E-state index is 0.0743. The molecule has 0 saturated heterocycles. The van der Waals surface area contributed by atoms with Gasteiger partial charge in [0.1, 0.15) is 0 Å². The van der Waals surface area contributed by atoms with Crippen LogP contribution in [0.4, 0.5) is 0 Å². The minimum absolute atomic E-state index is 0.0743. The molecule has 0 fully saturated rings. The van der Waals surface area contributed by atoms with Crippen molar-refractivity contribution in [2.75, 3.05) is 7.11 Å². The number of aromatic hydroxyl groups is 1. The summed E-state index contributed by atoms with van der Waals surface area (Å²) in [6, 6.07) is 5.05. The Kier molecular flexibility index (Phi) is 2.52. The van der Waals surface area contributed by atoms with Crippen LogP contribution in [0.2, 0.25) is 0 Å². The summed E-state index contributed by atoms with van der Waals surface area (Å²) in [6.07, 6.45) is 0. The number of ether oxygens (including phenoxy) is 1. The van der Waals surface area contributed by atoms with E-state index in [4.69, 9.17) is 4.74 Å². The van der Waals surface area contributed by atoms with E-state index in [-0.39, 0.29) is 20.5 Å². The molecule has 0 bridgehead atoms. The summed E-state index contributed by atoms with van der Waals surface area (Å²) in [7, 11) is 1.59. The molecular formula is C9H8N2O2Se. The van der Waals surface area contributed by atoms with Gasteiger partial charge < -0.3 is 0 Å². The Bertz CT molecular complexity index is 428. The van der Waals surface area contributed by atoms with Crippen LogP contribution in [-0.2, 0) is 0 Å². The number of aromatic nitrogens is 2. The Morgan fingerprint density at radius 1 is 1.43 bits per heavy atom. The molecule has 4 nitrogen and oxygen atoms in total. The van der Waals surface area contributed by atoms with E-state index in [2.05, 4.69) is 9.19 Å². The third-order valence-corrected chi connectivity index (χ3v) is 2.90. The molecule has 5 heteroatoms. The van der Waals surface area contributed by atoms with Crippen LogP contribution < -0.4 is 4.74 Å². The fourth-order valence-electron chi connectivity index (χ4n) is 1.13. The van der Waals surface area contributed by atoms with Crippen LogP contribution in [-0.4, -0.2) is 36.1 Å². The van der Waals surface area contributed by atoms with Gasteiger partial charge in [0, 0.05) is 0 Å². The predicted molar refractivity (Wildman–Crippen MR) is 52.6 cm³/mol. The van der Waals surface area contributed by atoms with Crippen LogP contribution >= 0.6 is 0 Å². The molecule has 0 aliphatic carbocycles. The number of rotatable bonds is 2. The molecule has 2 aromatic rings. The summed E-state index contributed by atoms with van der Waals surface area (Å²) in [4.78, 5) is 1.92. The monoisotopic (exact) mass is 256 g/mol. The second-order valence-electron chi connectivity index (χ2n) is 2.67. The molecule has 0 saturated carbocycles. The summed E-state index contributed by atoms with van der Waals surface area (Å²) in [6.45, 7) is 0. The van der Waals surface area contributed by atoms with Gasteiger partial charge in [-0.1, -0.05) is 0 Å². The van der Waals surface area contributed by atoms with Crippen LogP contribution in [0.25, 0.3) is 11.3 Å². The van der Waals surface area contributed by atoms with Crippen LogP contribution in [0, 0.1) is 0 Å². The SMILES string of the molecule is COc1ccc(O)c(-c2c[se]nn2)c1. The number of hydrogen-bond acceptors (Lipinski definition) is 4. The standard InChI is InChI=1S/C9H8N2O2Se/c1-13-6-2-3-9(12)7(4-6)8-5-14-11-10-8/h2-5,12H,1H3. The van der Waals surface area contributed by atoms with Gasteiger partial charge in [0.15, 0.2) is 0 Å². The predicted octanol–water partition coefficient (Wildman–Crippen LogP) is 0.915. The Morgan fingerprint density at radius 2 is 2.29 bits per heavy atom. The molecule has 2 rings (SSSR count). The number of nitrogens with zero attached hydrogens (tertiary/aromatic N) is 2. The van der Waals surface area contributed by atoms with Crippen molar-refractivity contribution in [2.24, 2.45) is 0 Å². The molecule has 0 amide bonds. The zero-order valence-corrected chi connectivity index (χ0v) is 9.18. The summed E-state index contributed by atoms with van der Waals surface area (Å²) in [5.41, 5.74) is 1.40. The summed E-state index contributed by atoms with van der Waals surface area (Å²) >= 11 is 0.0743. The van der Waals surface area contributed by atoms with Crippen molar-refractivity contribution >= 4 is 14.7 Å². The molecule has 1 aromatic carbocycles. The number of phenols is 1. The average Bonchev–Trinajstić information content (AvgIpc) is 2.71. The van der Waals surface area contributed by atoms with Crippen molar-refractivity contribution in [1.82, 2.24) is 9.19 Å². The fraction of sp³-hybridized carbons (Fsp3) is 0.111. The molecule has 1 N–H and O–H groups in total. The van der Waals surface area contributed by atoms with Gasteiger partial charge in [-0.25, -0.2) is 0 Å². The van der Waals surface area contributed by atoms with Crippen LogP contribution in [0.15, 0.2) is 23.1 Å².